The Morgan fingerprint density at radius 1 is 1.09 bits per heavy atom. The zero-order valence-electron chi connectivity index (χ0n) is 13.0. The van der Waals surface area contributed by atoms with Gasteiger partial charge in [0.15, 0.2) is 0 Å². The molecule has 118 valence electrons. The number of aliphatic hydroxyl groups is 1. The number of fused-ring (bicyclic) bond motifs is 1. The van der Waals surface area contributed by atoms with Gasteiger partial charge in [0.2, 0.25) is 0 Å². The van der Waals surface area contributed by atoms with Gasteiger partial charge in [-0.05, 0) is 23.9 Å². The molecule has 0 aliphatic carbocycles. The number of aliphatic hydroxyl groups excluding tert-OH is 1. The van der Waals surface area contributed by atoms with Crippen LogP contribution in [-0.2, 0) is 6.54 Å². The Labute approximate surface area is 130 Å². The van der Waals surface area contributed by atoms with Crippen molar-refractivity contribution in [2.75, 3.05) is 39.3 Å². The highest BCUT2D eigenvalue weighted by Crippen LogP contribution is 2.20. The van der Waals surface area contributed by atoms with Gasteiger partial charge in [-0.15, -0.1) is 0 Å². The summed E-state index contributed by atoms with van der Waals surface area (Å²) in [4.78, 5) is 19.7. The minimum Gasteiger partial charge on any atom is -0.395 e. The van der Waals surface area contributed by atoms with Crippen LogP contribution in [0.3, 0.4) is 0 Å². The second kappa shape index (κ2) is 6.60. The van der Waals surface area contributed by atoms with Crippen molar-refractivity contribution in [3.05, 3.63) is 45.9 Å². The first-order chi connectivity index (χ1) is 10.7. The van der Waals surface area contributed by atoms with Crippen LogP contribution in [0.15, 0.2) is 29.1 Å². The van der Waals surface area contributed by atoms with Crippen molar-refractivity contribution in [3.8, 4) is 0 Å². The number of nitrogens with one attached hydrogen (secondary N) is 1. The molecule has 0 amide bonds. The lowest BCUT2D eigenvalue weighted by Crippen LogP contribution is -2.46. The lowest BCUT2D eigenvalue weighted by molar-refractivity contribution is 0.108. The first-order valence-corrected chi connectivity index (χ1v) is 7.85. The topological polar surface area (TPSA) is 59.6 Å². The Morgan fingerprint density at radius 2 is 1.73 bits per heavy atom. The third-order valence-corrected chi connectivity index (χ3v) is 4.51. The molecule has 1 aromatic heterocycles. The molecule has 0 saturated carbocycles. The van der Waals surface area contributed by atoms with Gasteiger partial charge in [-0.2, -0.15) is 0 Å². The number of pyridine rings is 1. The van der Waals surface area contributed by atoms with Gasteiger partial charge in [0.25, 0.3) is 5.56 Å². The van der Waals surface area contributed by atoms with E-state index in [1.807, 2.05) is 31.2 Å². The van der Waals surface area contributed by atoms with E-state index in [4.69, 9.17) is 5.11 Å². The lowest BCUT2D eigenvalue weighted by atomic mass is 10.0. The van der Waals surface area contributed by atoms with E-state index in [2.05, 4.69) is 14.8 Å². The van der Waals surface area contributed by atoms with Crippen LogP contribution in [0.2, 0.25) is 0 Å². The number of benzene rings is 1. The first-order valence-electron chi connectivity index (χ1n) is 7.85. The molecule has 0 unspecified atom stereocenters. The van der Waals surface area contributed by atoms with Crippen LogP contribution < -0.4 is 5.56 Å². The van der Waals surface area contributed by atoms with Gasteiger partial charge in [-0.3, -0.25) is 14.6 Å². The summed E-state index contributed by atoms with van der Waals surface area (Å²) in [5.41, 5.74) is 2.16. The number of piperazine rings is 1. The molecule has 2 N–H and O–H groups in total. The average Bonchev–Trinajstić information content (AvgIpc) is 2.53. The van der Waals surface area contributed by atoms with Gasteiger partial charge in [-0.1, -0.05) is 18.2 Å². The smallest absolute Gasteiger partial charge is 0.256 e. The summed E-state index contributed by atoms with van der Waals surface area (Å²) in [5.74, 6) is 0. The van der Waals surface area contributed by atoms with Gasteiger partial charge in [0.1, 0.15) is 0 Å². The molecule has 1 aliphatic rings. The molecule has 0 spiro atoms. The van der Waals surface area contributed by atoms with Crippen molar-refractivity contribution in [3.63, 3.8) is 0 Å². The third kappa shape index (κ3) is 3.06. The lowest BCUT2D eigenvalue weighted by Gasteiger charge is -2.34. The SMILES string of the molecule is Cc1[nH]c(=O)c2ccccc2c1CN1CCN(CCO)CC1. The van der Waals surface area contributed by atoms with E-state index in [9.17, 15) is 4.79 Å². The van der Waals surface area contributed by atoms with Crippen molar-refractivity contribution in [1.29, 1.82) is 0 Å². The molecule has 1 fully saturated rings. The highest BCUT2D eigenvalue weighted by atomic mass is 16.3. The van der Waals surface area contributed by atoms with Gasteiger partial charge in [0, 0.05) is 50.3 Å². The predicted molar refractivity (Wildman–Crippen MR) is 88.1 cm³/mol. The highest BCUT2D eigenvalue weighted by molar-refractivity contribution is 5.85. The van der Waals surface area contributed by atoms with Crippen LogP contribution >= 0.6 is 0 Å². The maximum absolute atomic E-state index is 12.1. The van der Waals surface area contributed by atoms with Gasteiger partial charge >= 0.3 is 0 Å². The maximum atomic E-state index is 12.1. The number of hydrogen-bond acceptors (Lipinski definition) is 4. The predicted octanol–water partition coefficient (Wildman–Crippen LogP) is 0.946. The number of hydrogen-bond donors (Lipinski definition) is 2. The number of nitrogens with zero attached hydrogens (tertiary/aromatic N) is 2. The van der Waals surface area contributed by atoms with Crippen LogP contribution in [0.1, 0.15) is 11.3 Å². The van der Waals surface area contributed by atoms with E-state index < -0.39 is 0 Å². The summed E-state index contributed by atoms with van der Waals surface area (Å²) in [5, 5.41) is 10.8. The van der Waals surface area contributed by atoms with Crippen molar-refractivity contribution < 1.29 is 5.11 Å². The molecule has 3 rings (SSSR count). The fourth-order valence-corrected chi connectivity index (χ4v) is 3.20. The number of rotatable bonds is 4. The Bertz CT molecular complexity index is 703. The van der Waals surface area contributed by atoms with E-state index in [-0.39, 0.29) is 12.2 Å². The molecule has 2 heterocycles. The fraction of sp³-hybridized carbons (Fsp3) is 0.471. The van der Waals surface area contributed by atoms with Crippen molar-refractivity contribution >= 4 is 10.8 Å². The van der Waals surface area contributed by atoms with Gasteiger partial charge in [-0.25, -0.2) is 0 Å². The van der Waals surface area contributed by atoms with Crippen LogP contribution in [-0.4, -0.2) is 59.2 Å². The van der Waals surface area contributed by atoms with E-state index in [0.29, 0.717) is 0 Å². The fourth-order valence-electron chi connectivity index (χ4n) is 3.20. The van der Waals surface area contributed by atoms with Crippen LogP contribution in [0.4, 0.5) is 0 Å². The van der Waals surface area contributed by atoms with Crippen molar-refractivity contribution in [2.45, 2.75) is 13.5 Å². The largest absolute Gasteiger partial charge is 0.395 e. The number of aryl methyl sites for hydroxylation is 1. The zero-order valence-corrected chi connectivity index (χ0v) is 13.0. The molecule has 5 nitrogen and oxygen atoms in total. The van der Waals surface area contributed by atoms with E-state index in [1.165, 1.54) is 5.56 Å². The molecule has 5 heteroatoms. The Hall–Kier alpha value is -1.69. The van der Waals surface area contributed by atoms with Crippen LogP contribution in [0.5, 0.6) is 0 Å². The van der Waals surface area contributed by atoms with E-state index in [0.717, 1.165) is 55.7 Å². The maximum Gasteiger partial charge on any atom is 0.256 e. The Kier molecular flexibility index (Phi) is 4.57. The van der Waals surface area contributed by atoms with Gasteiger partial charge < -0.3 is 10.1 Å². The van der Waals surface area contributed by atoms with Crippen LogP contribution in [0.25, 0.3) is 10.8 Å². The summed E-state index contributed by atoms with van der Waals surface area (Å²) in [7, 11) is 0. The summed E-state index contributed by atoms with van der Waals surface area (Å²) < 4.78 is 0. The first kappa shape index (κ1) is 15.2. The molecule has 2 aromatic rings. The molecular formula is C17H23N3O2. The molecule has 0 radical (unpaired) electrons. The minimum absolute atomic E-state index is 0.00962. The number of β-amino-alcohol motifs (C(OH)–C–C–N with tert-alkyl or cyclic N) is 1. The normalized spacial score (nSPS) is 17.2. The molecular weight excluding hydrogens is 278 g/mol. The summed E-state index contributed by atoms with van der Waals surface area (Å²) >= 11 is 0. The second-order valence-corrected chi connectivity index (χ2v) is 5.94. The molecule has 1 aliphatic heterocycles. The Balaban J connectivity index is 1.82. The molecule has 0 atom stereocenters. The Morgan fingerprint density at radius 3 is 2.41 bits per heavy atom. The van der Waals surface area contributed by atoms with E-state index >= 15 is 0 Å². The monoisotopic (exact) mass is 301 g/mol. The number of aromatic nitrogens is 1. The average molecular weight is 301 g/mol. The summed E-state index contributed by atoms with van der Waals surface area (Å²) in [6.07, 6.45) is 0. The summed E-state index contributed by atoms with van der Waals surface area (Å²) in [6, 6.07) is 7.82. The standard InChI is InChI=1S/C17H23N3O2/c1-13-16(12-20-8-6-19(7-9-20)10-11-21)14-4-2-3-5-15(14)17(22)18-13/h2-5,21H,6-12H2,1H3,(H,18,22). The highest BCUT2D eigenvalue weighted by Gasteiger charge is 2.18. The summed E-state index contributed by atoms with van der Waals surface area (Å²) in [6.45, 7) is 7.78. The quantitative estimate of drug-likeness (QED) is 0.882. The third-order valence-electron chi connectivity index (χ3n) is 4.51. The second-order valence-electron chi connectivity index (χ2n) is 5.94. The minimum atomic E-state index is -0.00962. The molecule has 22 heavy (non-hydrogen) atoms. The molecule has 1 saturated heterocycles. The number of H-pyrrole nitrogens is 1. The van der Waals surface area contributed by atoms with Crippen LogP contribution in [0, 0.1) is 6.92 Å². The molecule has 1 aromatic carbocycles. The van der Waals surface area contributed by atoms with Crippen molar-refractivity contribution in [1.82, 2.24) is 14.8 Å². The van der Waals surface area contributed by atoms with E-state index in [1.54, 1.807) is 0 Å². The molecule has 0 bridgehead atoms. The van der Waals surface area contributed by atoms with Crippen molar-refractivity contribution in [2.24, 2.45) is 0 Å². The zero-order chi connectivity index (χ0) is 15.5. The van der Waals surface area contributed by atoms with Gasteiger partial charge in [0.05, 0.1) is 6.61 Å². The number of aromatic amines is 1.